The van der Waals surface area contributed by atoms with Crippen LogP contribution in [0, 0.1) is 0 Å². The van der Waals surface area contributed by atoms with Crippen LogP contribution in [0.4, 0.5) is 4.79 Å². The molecule has 2 amide bonds. The molecule has 0 saturated carbocycles. The minimum Gasteiger partial charge on any atom is -0.450 e. The van der Waals surface area contributed by atoms with Gasteiger partial charge in [-0.25, -0.2) is 14.3 Å². The first-order valence-electron chi connectivity index (χ1n) is 7.70. The standard InChI is InChI=1S/C15H19N5O3/c1-2-23-15(22)19-8-4-11(5-9-19)17-14(21)12-10-13-16-6-3-7-20(13)18-12/h3,6-7,10-11H,2,4-5,8-9H2,1H3,(H,17,21). The first-order chi connectivity index (χ1) is 11.2. The molecule has 8 nitrogen and oxygen atoms in total. The Morgan fingerprint density at radius 2 is 2.17 bits per heavy atom. The highest BCUT2D eigenvalue weighted by molar-refractivity contribution is 5.93. The fraction of sp³-hybridized carbons (Fsp3) is 0.467. The summed E-state index contributed by atoms with van der Waals surface area (Å²) in [6.07, 6.45) is 4.52. The number of likely N-dealkylation sites (tertiary alicyclic amines) is 1. The monoisotopic (exact) mass is 317 g/mol. The van der Waals surface area contributed by atoms with Crippen LogP contribution in [0.5, 0.6) is 0 Å². The molecule has 8 heteroatoms. The highest BCUT2D eigenvalue weighted by Crippen LogP contribution is 2.12. The van der Waals surface area contributed by atoms with Crippen LogP contribution in [0.2, 0.25) is 0 Å². The van der Waals surface area contributed by atoms with Gasteiger partial charge in [-0.1, -0.05) is 0 Å². The maximum Gasteiger partial charge on any atom is 0.409 e. The molecule has 0 radical (unpaired) electrons. The van der Waals surface area contributed by atoms with Crippen LogP contribution >= 0.6 is 0 Å². The van der Waals surface area contributed by atoms with Crippen molar-refractivity contribution in [2.24, 2.45) is 0 Å². The van der Waals surface area contributed by atoms with Crippen molar-refractivity contribution in [1.29, 1.82) is 0 Å². The summed E-state index contributed by atoms with van der Waals surface area (Å²) in [4.78, 5) is 29.7. The Morgan fingerprint density at radius 1 is 1.39 bits per heavy atom. The molecule has 2 aromatic rings. The molecule has 0 aliphatic carbocycles. The summed E-state index contributed by atoms with van der Waals surface area (Å²) in [5, 5.41) is 7.17. The third kappa shape index (κ3) is 3.41. The van der Waals surface area contributed by atoms with Crippen LogP contribution in [0.25, 0.3) is 5.65 Å². The highest BCUT2D eigenvalue weighted by Gasteiger charge is 2.25. The first kappa shape index (κ1) is 15.3. The molecule has 122 valence electrons. The molecular weight excluding hydrogens is 298 g/mol. The number of carbonyl (C=O) groups is 2. The average Bonchev–Trinajstić information content (AvgIpc) is 3.00. The Morgan fingerprint density at radius 3 is 2.87 bits per heavy atom. The zero-order valence-electron chi connectivity index (χ0n) is 12.9. The summed E-state index contributed by atoms with van der Waals surface area (Å²) in [7, 11) is 0. The number of aromatic nitrogens is 3. The van der Waals surface area contributed by atoms with E-state index in [0.29, 0.717) is 43.9 Å². The van der Waals surface area contributed by atoms with E-state index in [1.165, 1.54) is 0 Å². The van der Waals surface area contributed by atoms with Gasteiger partial charge in [-0.05, 0) is 25.8 Å². The molecule has 0 unspecified atom stereocenters. The molecule has 1 fully saturated rings. The maximum absolute atomic E-state index is 12.3. The predicted molar refractivity (Wildman–Crippen MR) is 82.1 cm³/mol. The van der Waals surface area contributed by atoms with E-state index in [1.54, 1.807) is 40.9 Å². The fourth-order valence-electron chi connectivity index (χ4n) is 2.62. The zero-order valence-corrected chi connectivity index (χ0v) is 12.9. The van der Waals surface area contributed by atoms with Crippen LogP contribution in [-0.2, 0) is 4.74 Å². The number of piperidine rings is 1. The minimum atomic E-state index is -0.288. The van der Waals surface area contributed by atoms with Crippen molar-refractivity contribution in [1.82, 2.24) is 24.8 Å². The largest absolute Gasteiger partial charge is 0.450 e. The van der Waals surface area contributed by atoms with Gasteiger partial charge < -0.3 is 15.0 Å². The summed E-state index contributed by atoms with van der Waals surface area (Å²) in [6, 6.07) is 3.45. The molecule has 3 rings (SSSR count). The number of ether oxygens (including phenoxy) is 1. The molecule has 0 bridgehead atoms. The van der Waals surface area contributed by atoms with Crippen molar-refractivity contribution < 1.29 is 14.3 Å². The number of nitrogens with zero attached hydrogens (tertiary/aromatic N) is 4. The Bertz CT molecular complexity index is 673. The van der Waals surface area contributed by atoms with Crippen molar-refractivity contribution in [3.63, 3.8) is 0 Å². The van der Waals surface area contributed by atoms with E-state index in [2.05, 4.69) is 15.4 Å². The Hall–Kier alpha value is -2.64. The summed E-state index contributed by atoms with van der Waals surface area (Å²) in [5.41, 5.74) is 0.978. The second-order valence-electron chi connectivity index (χ2n) is 5.39. The van der Waals surface area contributed by atoms with Crippen molar-refractivity contribution in [2.75, 3.05) is 19.7 Å². The summed E-state index contributed by atoms with van der Waals surface area (Å²) < 4.78 is 6.55. The van der Waals surface area contributed by atoms with Gasteiger partial charge in [0, 0.05) is 37.6 Å². The summed E-state index contributed by atoms with van der Waals surface area (Å²) >= 11 is 0. The third-order valence-corrected chi connectivity index (χ3v) is 3.82. The van der Waals surface area contributed by atoms with Gasteiger partial charge in [0.1, 0.15) is 0 Å². The van der Waals surface area contributed by atoms with Crippen LogP contribution in [0.15, 0.2) is 24.5 Å². The summed E-state index contributed by atoms with van der Waals surface area (Å²) in [6.45, 7) is 3.32. The van der Waals surface area contributed by atoms with Crippen LogP contribution in [-0.4, -0.2) is 57.2 Å². The van der Waals surface area contributed by atoms with Crippen LogP contribution in [0.3, 0.4) is 0 Å². The van der Waals surface area contributed by atoms with E-state index in [9.17, 15) is 9.59 Å². The van der Waals surface area contributed by atoms with E-state index >= 15 is 0 Å². The van der Waals surface area contributed by atoms with Gasteiger partial charge in [0.15, 0.2) is 11.3 Å². The second kappa shape index (κ2) is 6.64. The lowest BCUT2D eigenvalue weighted by molar-refractivity contribution is 0.0856. The Balaban J connectivity index is 1.56. The number of hydrogen-bond acceptors (Lipinski definition) is 5. The van der Waals surface area contributed by atoms with Crippen molar-refractivity contribution >= 4 is 17.6 Å². The van der Waals surface area contributed by atoms with Crippen LogP contribution in [0.1, 0.15) is 30.3 Å². The molecule has 2 aromatic heterocycles. The van der Waals surface area contributed by atoms with Gasteiger partial charge in [-0.2, -0.15) is 5.10 Å². The van der Waals surface area contributed by atoms with Gasteiger partial charge in [-0.15, -0.1) is 0 Å². The molecule has 23 heavy (non-hydrogen) atoms. The quantitative estimate of drug-likeness (QED) is 0.915. The average molecular weight is 317 g/mol. The van der Waals surface area contributed by atoms with Crippen molar-refractivity contribution in [2.45, 2.75) is 25.8 Å². The molecular formula is C15H19N5O3. The maximum atomic E-state index is 12.3. The third-order valence-electron chi connectivity index (χ3n) is 3.82. The number of fused-ring (bicyclic) bond motifs is 1. The van der Waals surface area contributed by atoms with E-state index in [-0.39, 0.29) is 18.0 Å². The predicted octanol–water partition coefficient (Wildman–Crippen LogP) is 1.08. The molecule has 1 saturated heterocycles. The van der Waals surface area contributed by atoms with Gasteiger partial charge in [0.25, 0.3) is 5.91 Å². The van der Waals surface area contributed by atoms with Gasteiger partial charge >= 0.3 is 6.09 Å². The molecule has 3 heterocycles. The van der Waals surface area contributed by atoms with Gasteiger partial charge in [-0.3, -0.25) is 4.79 Å². The molecule has 1 aliphatic heterocycles. The number of rotatable bonds is 3. The lowest BCUT2D eigenvalue weighted by atomic mass is 10.1. The fourth-order valence-corrected chi connectivity index (χ4v) is 2.62. The number of amides is 2. The lowest BCUT2D eigenvalue weighted by Crippen LogP contribution is -2.46. The number of carbonyl (C=O) groups excluding carboxylic acids is 2. The minimum absolute atomic E-state index is 0.0333. The van der Waals surface area contributed by atoms with Crippen molar-refractivity contribution in [3.05, 3.63) is 30.2 Å². The van der Waals surface area contributed by atoms with Crippen molar-refractivity contribution in [3.8, 4) is 0 Å². The number of nitrogens with one attached hydrogen (secondary N) is 1. The Kier molecular flexibility index (Phi) is 4.40. The second-order valence-corrected chi connectivity index (χ2v) is 5.39. The van der Waals surface area contributed by atoms with E-state index in [4.69, 9.17) is 4.74 Å². The highest BCUT2D eigenvalue weighted by atomic mass is 16.6. The number of hydrogen-bond donors (Lipinski definition) is 1. The van der Waals surface area contributed by atoms with Gasteiger partial charge in [0.2, 0.25) is 0 Å². The van der Waals surface area contributed by atoms with E-state index in [1.807, 2.05) is 0 Å². The molecule has 0 atom stereocenters. The van der Waals surface area contributed by atoms with E-state index < -0.39 is 0 Å². The molecule has 0 aromatic carbocycles. The van der Waals surface area contributed by atoms with Crippen LogP contribution < -0.4 is 5.32 Å². The SMILES string of the molecule is CCOC(=O)N1CCC(NC(=O)c2cc3ncccn3n2)CC1. The normalized spacial score (nSPS) is 15.6. The van der Waals surface area contributed by atoms with Gasteiger partial charge in [0.05, 0.1) is 6.61 Å². The topological polar surface area (TPSA) is 88.8 Å². The molecule has 1 aliphatic rings. The molecule has 1 N–H and O–H groups in total. The zero-order chi connectivity index (χ0) is 16.2. The Labute approximate surface area is 133 Å². The smallest absolute Gasteiger partial charge is 0.409 e. The first-order valence-corrected chi connectivity index (χ1v) is 7.70. The lowest BCUT2D eigenvalue weighted by Gasteiger charge is -2.31. The van der Waals surface area contributed by atoms with E-state index in [0.717, 1.165) is 0 Å². The summed E-state index contributed by atoms with van der Waals surface area (Å²) in [5.74, 6) is -0.218. The molecule has 0 spiro atoms.